The van der Waals surface area contributed by atoms with Crippen LogP contribution < -0.4 is 4.74 Å². The van der Waals surface area contributed by atoms with Crippen LogP contribution in [-0.4, -0.2) is 41.6 Å². The Hall–Kier alpha value is -1.75. The quantitative estimate of drug-likeness (QED) is 0.926. The van der Waals surface area contributed by atoms with Gasteiger partial charge in [0.1, 0.15) is 5.75 Å². The van der Waals surface area contributed by atoms with Crippen LogP contribution in [0.4, 0.5) is 0 Å². The van der Waals surface area contributed by atoms with Crippen LogP contribution in [0.2, 0.25) is 5.02 Å². The zero-order valence-corrected chi connectivity index (χ0v) is 12.5. The van der Waals surface area contributed by atoms with E-state index in [-0.39, 0.29) is 24.3 Å². The first-order chi connectivity index (χ1) is 9.97. The number of aliphatic carboxylic acids is 1. The van der Waals surface area contributed by atoms with E-state index in [9.17, 15) is 9.59 Å². The normalized spacial score (nSPS) is 21.9. The average Bonchev–Trinajstić information content (AvgIpc) is 2.44. The molecule has 5 nitrogen and oxygen atoms in total. The monoisotopic (exact) mass is 311 g/mol. The van der Waals surface area contributed by atoms with Crippen LogP contribution >= 0.6 is 11.6 Å². The smallest absolute Gasteiger partial charge is 0.306 e. The molecule has 1 aliphatic heterocycles. The van der Waals surface area contributed by atoms with E-state index >= 15 is 0 Å². The van der Waals surface area contributed by atoms with E-state index in [1.807, 2.05) is 6.92 Å². The summed E-state index contributed by atoms with van der Waals surface area (Å²) in [6, 6.07) is 6.86. The molecule has 1 amide bonds. The van der Waals surface area contributed by atoms with Crippen molar-refractivity contribution in [3.63, 3.8) is 0 Å². The second kappa shape index (κ2) is 6.80. The number of likely N-dealkylation sites (tertiary alicyclic amines) is 1. The van der Waals surface area contributed by atoms with Gasteiger partial charge in [0.25, 0.3) is 5.91 Å². The van der Waals surface area contributed by atoms with Gasteiger partial charge >= 0.3 is 5.97 Å². The van der Waals surface area contributed by atoms with Gasteiger partial charge in [-0.15, -0.1) is 0 Å². The maximum Gasteiger partial charge on any atom is 0.306 e. The summed E-state index contributed by atoms with van der Waals surface area (Å²) in [5, 5.41) is 9.62. The van der Waals surface area contributed by atoms with Gasteiger partial charge in [-0.3, -0.25) is 9.59 Å². The van der Waals surface area contributed by atoms with Crippen LogP contribution in [-0.2, 0) is 9.59 Å². The Bertz CT molecular complexity index is 534. The molecule has 2 rings (SSSR count). The molecule has 1 aromatic carbocycles. The minimum absolute atomic E-state index is 0.0497. The molecule has 0 radical (unpaired) electrons. The fourth-order valence-electron chi connectivity index (χ4n) is 2.53. The third kappa shape index (κ3) is 4.11. The van der Waals surface area contributed by atoms with E-state index in [0.717, 1.165) is 0 Å². The summed E-state index contributed by atoms with van der Waals surface area (Å²) in [5.41, 5.74) is 0. The van der Waals surface area contributed by atoms with E-state index in [2.05, 4.69) is 0 Å². The molecule has 2 atom stereocenters. The summed E-state index contributed by atoms with van der Waals surface area (Å²) in [6.07, 6.45) is 0.486. The van der Waals surface area contributed by atoms with Crippen molar-refractivity contribution in [3.05, 3.63) is 29.3 Å². The van der Waals surface area contributed by atoms with Crippen molar-refractivity contribution < 1.29 is 19.4 Å². The highest BCUT2D eigenvalue weighted by Gasteiger charge is 2.32. The molecule has 0 aliphatic carbocycles. The lowest BCUT2D eigenvalue weighted by atomic mass is 9.87. The van der Waals surface area contributed by atoms with Crippen molar-refractivity contribution in [2.24, 2.45) is 11.8 Å². The summed E-state index contributed by atoms with van der Waals surface area (Å²) < 4.78 is 5.42. The lowest BCUT2D eigenvalue weighted by Gasteiger charge is -2.34. The second-order valence-electron chi connectivity index (χ2n) is 5.30. The third-order valence-electron chi connectivity index (χ3n) is 3.73. The third-order valence-corrected chi connectivity index (χ3v) is 3.97. The number of carbonyl (C=O) groups excluding carboxylic acids is 1. The van der Waals surface area contributed by atoms with Gasteiger partial charge in [-0.05, 0) is 30.5 Å². The van der Waals surface area contributed by atoms with Crippen molar-refractivity contribution in [2.45, 2.75) is 13.3 Å². The van der Waals surface area contributed by atoms with E-state index in [4.69, 9.17) is 21.4 Å². The predicted molar refractivity (Wildman–Crippen MR) is 78.4 cm³/mol. The molecular formula is C15H18ClNO4. The number of ether oxygens (including phenoxy) is 1. The summed E-state index contributed by atoms with van der Waals surface area (Å²) in [6.45, 7) is 2.70. The summed E-state index contributed by atoms with van der Waals surface area (Å²) in [4.78, 5) is 24.8. The number of carboxylic acid groups (broad SMARTS) is 1. The van der Waals surface area contributed by atoms with Gasteiger partial charge in [0.2, 0.25) is 0 Å². The Balaban J connectivity index is 1.86. The van der Waals surface area contributed by atoms with Gasteiger partial charge in [-0.1, -0.05) is 24.6 Å². The Morgan fingerprint density at radius 1 is 1.48 bits per heavy atom. The lowest BCUT2D eigenvalue weighted by molar-refractivity contribution is -0.148. The van der Waals surface area contributed by atoms with Gasteiger partial charge in [0.05, 0.1) is 5.92 Å². The van der Waals surface area contributed by atoms with Crippen LogP contribution in [0.1, 0.15) is 13.3 Å². The van der Waals surface area contributed by atoms with Crippen molar-refractivity contribution in [2.75, 3.05) is 19.7 Å². The van der Waals surface area contributed by atoms with Crippen LogP contribution in [0.25, 0.3) is 0 Å². The van der Waals surface area contributed by atoms with Crippen LogP contribution in [0.15, 0.2) is 24.3 Å². The van der Waals surface area contributed by atoms with Crippen LogP contribution in [0.5, 0.6) is 5.75 Å². The van der Waals surface area contributed by atoms with Gasteiger partial charge in [-0.25, -0.2) is 0 Å². The van der Waals surface area contributed by atoms with Crippen LogP contribution in [0.3, 0.4) is 0 Å². The molecule has 0 saturated carbocycles. The largest absolute Gasteiger partial charge is 0.484 e. The predicted octanol–water partition coefficient (Wildman–Crippen LogP) is 2.29. The minimum Gasteiger partial charge on any atom is -0.484 e. The maximum absolute atomic E-state index is 12.1. The number of hydrogen-bond acceptors (Lipinski definition) is 3. The van der Waals surface area contributed by atoms with E-state index in [0.29, 0.717) is 30.3 Å². The zero-order chi connectivity index (χ0) is 15.4. The summed E-state index contributed by atoms with van der Waals surface area (Å²) >= 11 is 5.84. The summed E-state index contributed by atoms with van der Waals surface area (Å²) in [5.74, 6) is -0.797. The molecule has 0 aromatic heterocycles. The first-order valence-corrected chi connectivity index (χ1v) is 7.24. The number of carboxylic acids is 1. The van der Waals surface area contributed by atoms with Gasteiger partial charge in [0.15, 0.2) is 6.61 Å². The SMILES string of the molecule is CC1CN(C(=O)COc2cccc(Cl)c2)CCC1C(=O)O. The van der Waals surface area contributed by atoms with Gasteiger partial charge in [-0.2, -0.15) is 0 Å². The second-order valence-corrected chi connectivity index (χ2v) is 5.73. The molecule has 1 saturated heterocycles. The van der Waals surface area contributed by atoms with Gasteiger partial charge < -0.3 is 14.7 Å². The molecule has 1 aromatic rings. The zero-order valence-electron chi connectivity index (χ0n) is 11.8. The Morgan fingerprint density at radius 2 is 2.24 bits per heavy atom. The molecular weight excluding hydrogens is 294 g/mol. The number of amides is 1. The fourth-order valence-corrected chi connectivity index (χ4v) is 2.71. The van der Waals surface area contributed by atoms with Crippen molar-refractivity contribution in [1.82, 2.24) is 4.90 Å². The summed E-state index contributed by atoms with van der Waals surface area (Å²) in [7, 11) is 0. The highest BCUT2D eigenvalue weighted by atomic mass is 35.5. The van der Waals surface area contributed by atoms with Crippen LogP contribution in [0, 0.1) is 11.8 Å². The van der Waals surface area contributed by atoms with E-state index in [1.165, 1.54) is 0 Å². The topological polar surface area (TPSA) is 66.8 Å². The number of carbonyl (C=O) groups is 2. The first-order valence-electron chi connectivity index (χ1n) is 6.86. The number of piperidine rings is 1. The number of benzene rings is 1. The van der Waals surface area contributed by atoms with Gasteiger partial charge in [0, 0.05) is 18.1 Å². The van der Waals surface area contributed by atoms with Crippen molar-refractivity contribution in [1.29, 1.82) is 0 Å². The Kier molecular flexibility index (Phi) is 5.07. The lowest BCUT2D eigenvalue weighted by Crippen LogP contribution is -2.46. The Morgan fingerprint density at radius 3 is 2.86 bits per heavy atom. The molecule has 1 N–H and O–H groups in total. The molecule has 1 fully saturated rings. The molecule has 1 aliphatic rings. The fraction of sp³-hybridized carbons (Fsp3) is 0.467. The van der Waals surface area contributed by atoms with E-state index in [1.54, 1.807) is 29.2 Å². The number of hydrogen-bond donors (Lipinski definition) is 1. The molecule has 6 heteroatoms. The highest BCUT2D eigenvalue weighted by molar-refractivity contribution is 6.30. The maximum atomic E-state index is 12.1. The number of nitrogens with zero attached hydrogens (tertiary/aromatic N) is 1. The Labute approximate surface area is 128 Å². The van der Waals surface area contributed by atoms with Crippen molar-refractivity contribution in [3.8, 4) is 5.75 Å². The molecule has 0 bridgehead atoms. The highest BCUT2D eigenvalue weighted by Crippen LogP contribution is 2.24. The first kappa shape index (κ1) is 15.6. The minimum atomic E-state index is -0.787. The van der Waals surface area contributed by atoms with Crippen molar-refractivity contribution >= 4 is 23.5 Å². The number of halogens is 1. The molecule has 0 spiro atoms. The van der Waals surface area contributed by atoms with E-state index < -0.39 is 5.97 Å². The number of rotatable bonds is 4. The molecule has 2 unspecified atom stereocenters. The molecule has 114 valence electrons. The standard InChI is InChI=1S/C15H18ClNO4/c1-10-8-17(6-5-13(10)15(19)20)14(18)9-21-12-4-2-3-11(16)7-12/h2-4,7,10,13H,5-6,8-9H2,1H3,(H,19,20). The molecule has 1 heterocycles. The molecule has 21 heavy (non-hydrogen) atoms. The average molecular weight is 312 g/mol.